The van der Waals surface area contributed by atoms with Gasteiger partial charge in [-0.1, -0.05) is 24.3 Å². The first-order valence-corrected chi connectivity index (χ1v) is 6.26. The molecule has 1 aromatic carbocycles. The van der Waals surface area contributed by atoms with Crippen molar-refractivity contribution in [3.63, 3.8) is 0 Å². The molecule has 0 spiro atoms. The normalized spacial score (nSPS) is 22.6. The van der Waals surface area contributed by atoms with Gasteiger partial charge in [0.05, 0.1) is 11.2 Å². The molecule has 0 saturated heterocycles. The van der Waals surface area contributed by atoms with Crippen molar-refractivity contribution in [3.8, 4) is 0 Å². The molecule has 0 saturated carbocycles. The van der Waals surface area contributed by atoms with Crippen LogP contribution in [-0.2, 0) is 17.6 Å². The van der Waals surface area contributed by atoms with Crippen LogP contribution >= 0.6 is 0 Å². The molecule has 2 rings (SSSR count). The molecule has 1 nitrogen and oxygen atoms in total. The van der Waals surface area contributed by atoms with Crippen molar-refractivity contribution in [1.82, 2.24) is 0 Å². The minimum Gasteiger partial charge on any atom is -0.609 e. The second-order valence-electron chi connectivity index (χ2n) is 3.82. The maximum atomic E-state index is 12.4. The number of hydrogen-bond acceptors (Lipinski definition) is 1. The number of aryl methyl sites for hydroxylation is 1. The average Bonchev–Trinajstić information content (AvgIpc) is 2.26. The van der Waals surface area contributed by atoms with Crippen molar-refractivity contribution in [2.45, 2.75) is 30.0 Å². The highest BCUT2D eigenvalue weighted by Gasteiger charge is 2.50. The second kappa shape index (κ2) is 4.30. The van der Waals surface area contributed by atoms with E-state index in [9.17, 15) is 17.7 Å². The van der Waals surface area contributed by atoms with Crippen molar-refractivity contribution in [1.29, 1.82) is 0 Å². The number of fused-ring (bicyclic) bond motifs is 1. The van der Waals surface area contributed by atoms with Crippen LogP contribution in [-0.4, -0.2) is 10.1 Å². The number of halogens is 3. The summed E-state index contributed by atoms with van der Waals surface area (Å²) in [7, 11) is 0. The number of rotatable bonds is 1. The lowest BCUT2D eigenvalue weighted by atomic mass is 9.91. The molecule has 1 aliphatic rings. The van der Waals surface area contributed by atoms with E-state index in [4.69, 9.17) is 0 Å². The van der Waals surface area contributed by atoms with Crippen molar-refractivity contribution >= 4 is 11.2 Å². The SMILES string of the molecule is [O-][S+](C1CCCc2ccccc21)C(F)(F)F. The molecule has 0 N–H and O–H groups in total. The Morgan fingerprint density at radius 2 is 1.94 bits per heavy atom. The lowest BCUT2D eigenvalue weighted by molar-refractivity contribution is -0.0446. The summed E-state index contributed by atoms with van der Waals surface area (Å²) in [5.74, 6) is 0. The summed E-state index contributed by atoms with van der Waals surface area (Å²) in [6.07, 6.45) is 1.80. The highest BCUT2D eigenvalue weighted by molar-refractivity contribution is 7.92. The maximum Gasteiger partial charge on any atom is 0.573 e. The fraction of sp³-hybridized carbons (Fsp3) is 0.455. The standard InChI is InChI=1S/C11H11F3OS/c12-11(13,14)16(15)10-7-3-5-8-4-1-2-6-9(8)10/h1-2,4,6,10H,3,5,7H2. The maximum absolute atomic E-state index is 12.4. The second-order valence-corrected chi connectivity index (χ2v) is 5.45. The number of benzene rings is 1. The van der Waals surface area contributed by atoms with E-state index in [2.05, 4.69) is 0 Å². The fourth-order valence-corrected chi connectivity index (χ4v) is 3.26. The highest BCUT2D eigenvalue weighted by atomic mass is 32.2. The number of hydrogen-bond donors (Lipinski definition) is 0. The monoisotopic (exact) mass is 248 g/mol. The first-order chi connectivity index (χ1) is 7.50. The summed E-state index contributed by atoms with van der Waals surface area (Å²) < 4.78 is 48.7. The van der Waals surface area contributed by atoms with Crippen molar-refractivity contribution in [2.24, 2.45) is 0 Å². The van der Waals surface area contributed by atoms with E-state index in [0.717, 1.165) is 12.0 Å². The van der Waals surface area contributed by atoms with Gasteiger partial charge in [0.1, 0.15) is 5.25 Å². The molecule has 0 bridgehead atoms. The average molecular weight is 248 g/mol. The largest absolute Gasteiger partial charge is 0.609 e. The van der Waals surface area contributed by atoms with Gasteiger partial charge in [-0.15, -0.1) is 13.2 Å². The summed E-state index contributed by atoms with van der Waals surface area (Å²) in [4.78, 5) is 0. The molecule has 16 heavy (non-hydrogen) atoms. The third-order valence-electron chi connectivity index (χ3n) is 2.80. The molecule has 0 radical (unpaired) electrons. The first kappa shape index (κ1) is 11.8. The summed E-state index contributed by atoms with van der Waals surface area (Å²) >= 11 is -2.79. The zero-order valence-electron chi connectivity index (χ0n) is 8.46. The molecule has 1 aliphatic carbocycles. The highest BCUT2D eigenvalue weighted by Crippen LogP contribution is 2.42. The predicted octanol–water partition coefficient (Wildman–Crippen LogP) is 3.33. The van der Waals surface area contributed by atoms with Crippen molar-refractivity contribution in [3.05, 3.63) is 35.4 Å². The van der Waals surface area contributed by atoms with E-state index in [1.165, 1.54) is 0 Å². The predicted molar refractivity (Wildman–Crippen MR) is 56.3 cm³/mol. The molecule has 88 valence electrons. The van der Waals surface area contributed by atoms with Crippen LogP contribution in [0.1, 0.15) is 29.2 Å². The Kier molecular flexibility index (Phi) is 3.17. The van der Waals surface area contributed by atoms with E-state index in [1.54, 1.807) is 18.2 Å². The summed E-state index contributed by atoms with van der Waals surface area (Å²) in [6, 6.07) is 6.97. The molecular formula is C11H11F3OS. The van der Waals surface area contributed by atoms with Crippen LogP contribution in [0.15, 0.2) is 24.3 Å². The Labute approximate surface area is 94.8 Å². The third kappa shape index (κ3) is 2.20. The molecule has 0 fully saturated rings. The van der Waals surface area contributed by atoms with E-state index in [1.807, 2.05) is 6.07 Å². The molecule has 1 aromatic rings. The molecule has 2 unspecified atom stereocenters. The molecule has 0 aliphatic heterocycles. The minimum atomic E-state index is -4.62. The Balaban J connectivity index is 2.32. The van der Waals surface area contributed by atoms with Gasteiger partial charge >= 0.3 is 5.51 Å². The Morgan fingerprint density at radius 3 is 2.62 bits per heavy atom. The molecule has 5 heteroatoms. The van der Waals surface area contributed by atoms with Gasteiger partial charge in [-0.05, 0) is 18.4 Å². The van der Waals surface area contributed by atoms with Crippen LogP contribution in [0.5, 0.6) is 0 Å². The zero-order valence-corrected chi connectivity index (χ0v) is 9.27. The molecule has 0 aromatic heterocycles. The summed E-state index contributed by atoms with van der Waals surface area (Å²) in [5, 5.41) is -0.884. The lowest BCUT2D eigenvalue weighted by Crippen LogP contribution is -2.31. The van der Waals surface area contributed by atoms with Crippen LogP contribution < -0.4 is 0 Å². The van der Waals surface area contributed by atoms with Gasteiger partial charge in [0.2, 0.25) is 0 Å². The summed E-state index contributed by atoms with van der Waals surface area (Å²) in [6.45, 7) is 0. The van der Waals surface area contributed by atoms with Gasteiger partial charge in [-0.2, -0.15) is 0 Å². The van der Waals surface area contributed by atoms with Crippen LogP contribution in [0.3, 0.4) is 0 Å². The van der Waals surface area contributed by atoms with Crippen LogP contribution in [0.25, 0.3) is 0 Å². The van der Waals surface area contributed by atoms with Gasteiger partial charge < -0.3 is 4.55 Å². The van der Waals surface area contributed by atoms with Crippen LogP contribution in [0.2, 0.25) is 0 Å². The van der Waals surface area contributed by atoms with Crippen molar-refractivity contribution < 1.29 is 17.7 Å². The Hall–Kier alpha value is -0.680. The minimum absolute atomic E-state index is 0.350. The first-order valence-electron chi connectivity index (χ1n) is 5.05. The van der Waals surface area contributed by atoms with E-state index >= 15 is 0 Å². The molecular weight excluding hydrogens is 237 g/mol. The van der Waals surface area contributed by atoms with E-state index < -0.39 is 21.9 Å². The topological polar surface area (TPSA) is 23.1 Å². The van der Waals surface area contributed by atoms with E-state index in [0.29, 0.717) is 18.4 Å². The van der Waals surface area contributed by atoms with Gasteiger partial charge in [-0.3, -0.25) is 0 Å². The third-order valence-corrected chi connectivity index (χ3v) is 4.26. The number of alkyl halides is 3. The molecule has 0 amide bonds. The van der Waals surface area contributed by atoms with Crippen LogP contribution in [0.4, 0.5) is 13.2 Å². The fourth-order valence-electron chi connectivity index (χ4n) is 2.09. The molecule has 0 heterocycles. The van der Waals surface area contributed by atoms with Gasteiger partial charge in [0.15, 0.2) is 0 Å². The smallest absolute Gasteiger partial charge is 0.573 e. The van der Waals surface area contributed by atoms with Gasteiger partial charge in [0.25, 0.3) is 0 Å². The van der Waals surface area contributed by atoms with Gasteiger partial charge in [-0.25, -0.2) is 0 Å². The van der Waals surface area contributed by atoms with E-state index in [-0.39, 0.29) is 0 Å². The van der Waals surface area contributed by atoms with Crippen molar-refractivity contribution in [2.75, 3.05) is 0 Å². The van der Waals surface area contributed by atoms with Gasteiger partial charge in [0, 0.05) is 12.0 Å². The summed E-state index contributed by atoms with van der Waals surface area (Å²) in [5.41, 5.74) is -3.12. The quantitative estimate of drug-likeness (QED) is 0.699. The lowest BCUT2D eigenvalue weighted by Gasteiger charge is -2.27. The molecule has 2 atom stereocenters. The van der Waals surface area contributed by atoms with Crippen LogP contribution in [0, 0.1) is 0 Å². The Morgan fingerprint density at radius 1 is 1.25 bits per heavy atom. The Bertz CT molecular complexity index is 378. The zero-order chi connectivity index (χ0) is 11.8.